The molecule has 5 nitrogen and oxygen atoms in total. The molecule has 0 rings (SSSR count). The predicted octanol–water partition coefficient (Wildman–Crippen LogP) is 3.27. The Morgan fingerprint density at radius 1 is 0.789 bits per heavy atom. The maximum absolute atomic E-state index is 10.6. The Bertz CT molecular complexity index is 231. The molecule has 0 aliphatic heterocycles. The molecule has 0 saturated carbocycles. The zero-order chi connectivity index (χ0) is 14.3. The molecule has 5 heteroatoms. The van der Waals surface area contributed by atoms with Crippen molar-refractivity contribution in [3.63, 3.8) is 0 Å². The van der Waals surface area contributed by atoms with E-state index in [0.717, 1.165) is 38.5 Å². The summed E-state index contributed by atoms with van der Waals surface area (Å²) in [6.45, 7) is 0. The monoisotopic (exact) mass is 273 g/mol. The fourth-order valence-electron chi connectivity index (χ4n) is 2.06. The van der Waals surface area contributed by atoms with Gasteiger partial charge in [-0.15, -0.1) is 4.91 Å². The lowest BCUT2D eigenvalue weighted by Crippen LogP contribution is -2.02. The summed E-state index contributed by atoms with van der Waals surface area (Å²) in [5.41, 5.74) is 0. The van der Waals surface area contributed by atoms with E-state index in [4.69, 9.17) is 10.2 Å². The van der Waals surface area contributed by atoms with Gasteiger partial charge in [-0.25, -0.2) is 0 Å². The summed E-state index contributed by atoms with van der Waals surface area (Å²) in [7, 11) is 0. The van der Waals surface area contributed by atoms with E-state index in [1.165, 1.54) is 25.7 Å². The Labute approximate surface area is 115 Å². The van der Waals surface area contributed by atoms with Crippen molar-refractivity contribution >= 4 is 5.91 Å². The first kappa shape index (κ1) is 18.2. The number of hydrogen-bond donors (Lipinski definition) is 2. The predicted molar refractivity (Wildman–Crippen MR) is 74.4 cm³/mol. The average molecular weight is 273 g/mol. The van der Waals surface area contributed by atoms with Gasteiger partial charge in [-0.1, -0.05) is 51.4 Å². The maximum Gasteiger partial charge on any atom is 0.286 e. The first-order chi connectivity index (χ1) is 9.16. The number of hydrogen-bond acceptors (Lipinski definition) is 4. The van der Waals surface area contributed by atoms with Gasteiger partial charge in [0, 0.05) is 11.6 Å². The quantitative estimate of drug-likeness (QED) is 0.306. The van der Waals surface area contributed by atoms with Crippen LogP contribution in [0.2, 0.25) is 0 Å². The van der Waals surface area contributed by atoms with Crippen molar-refractivity contribution in [1.82, 2.24) is 0 Å². The molecule has 0 aliphatic rings. The van der Waals surface area contributed by atoms with Crippen molar-refractivity contribution in [2.24, 2.45) is 5.18 Å². The van der Waals surface area contributed by atoms with E-state index in [2.05, 4.69) is 5.18 Å². The molecule has 0 fully saturated rings. The molecule has 0 spiro atoms. The molecule has 19 heavy (non-hydrogen) atoms. The maximum atomic E-state index is 10.6. The van der Waals surface area contributed by atoms with Crippen LogP contribution in [0.3, 0.4) is 0 Å². The number of carbonyl (C=O) groups excluding carboxylic acids is 1. The highest BCUT2D eigenvalue weighted by Crippen LogP contribution is 2.12. The van der Waals surface area contributed by atoms with Crippen LogP contribution in [0.4, 0.5) is 0 Å². The van der Waals surface area contributed by atoms with E-state index >= 15 is 0 Å². The largest absolute Gasteiger partial charge is 0.368 e. The average Bonchev–Trinajstić information content (AvgIpc) is 2.39. The number of aliphatic hydroxyl groups is 2. The van der Waals surface area contributed by atoms with Crippen LogP contribution in [0, 0.1) is 4.91 Å². The Balaban J connectivity index is 3.03. The number of amides is 1. The van der Waals surface area contributed by atoms with Gasteiger partial charge in [0.05, 0.1) is 0 Å². The lowest BCUT2D eigenvalue weighted by molar-refractivity contribution is -0.118. The van der Waals surface area contributed by atoms with Crippen molar-refractivity contribution < 1.29 is 15.0 Å². The van der Waals surface area contributed by atoms with Crippen molar-refractivity contribution in [3.05, 3.63) is 4.91 Å². The van der Waals surface area contributed by atoms with Gasteiger partial charge in [0.15, 0.2) is 6.29 Å². The third-order valence-electron chi connectivity index (χ3n) is 3.20. The second-order valence-electron chi connectivity index (χ2n) is 5.04. The number of carbonyl (C=O) groups is 1. The number of rotatable bonds is 13. The molecular weight excluding hydrogens is 246 g/mol. The fourth-order valence-corrected chi connectivity index (χ4v) is 2.06. The smallest absolute Gasteiger partial charge is 0.286 e. The molecule has 0 aromatic rings. The molecular formula is C14H27NO4. The molecule has 0 aliphatic carbocycles. The zero-order valence-corrected chi connectivity index (χ0v) is 11.7. The molecule has 0 saturated heterocycles. The van der Waals surface area contributed by atoms with E-state index in [-0.39, 0.29) is 0 Å². The van der Waals surface area contributed by atoms with Crippen LogP contribution < -0.4 is 0 Å². The van der Waals surface area contributed by atoms with Gasteiger partial charge in [0.25, 0.3) is 5.91 Å². The first-order valence-electron chi connectivity index (χ1n) is 7.39. The van der Waals surface area contributed by atoms with Gasteiger partial charge in [-0.2, -0.15) is 0 Å². The van der Waals surface area contributed by atoms with Gasteiger partial charge in [-0.05, 0) is 19.3 Å². The minimum Gasteiger partial charge on any atom is -0.368 e. The van der Waals surface area contributed by atoms with Gasteiger partial charge >= 0.3 is 0 Å². The van der Waals surface area contributed by atoms with Crippen LogP contribution >= 0.6 is 0 Å². The SMILES string of the molecule is O=NC(=O)CCCCCCCCCCCCC(O)O. The van der Waals surface area contributed by atoms with E-state index in [9.17, 15) is 9.70 Å². The van der Waals surface area contributed by atoms with E-state index < -0.39 is 12.2 Å². The molecule has 2 N–H and O–H groups in total. The van der Waals surface area contributed by atoms with Crippen LogP contribution in [0.25, 0.3) is 0 Å². The van der Waals surface area contributed by atoms with Crippen molar-refractivity contribution in [2.45, 2.75) is 83.3 Å². The molecule has 1 amide bonds. The standard InChI is InChI=1S/C14H27NO4/c16-13(15-19)11-9-7-5-3-1-2-4-6-8-10-12-14(17)18/h14,17-18H,1-12H2. The summed E-state index contributed by atoms with van der Waals surface area (Å²) < 4.78 is 0. The van der Waals surface area contributed by atoms with Crippen LogP contribution in [0.1, 0.15) is 77.0 Å². The van der Waals surface area contributed by atoms with Crippen molar-refractivity contribution in [3.8, 4) is 0 Å². The van der Waals surface area contributed by atoms with E-state index in [0.29, 0.717) is 12.8 Å². The Hall–Kier alpha value is -0.810. The van der Waals surface area contributed by atoms with Crippen LogP contribution in [0.15, 0.2) is 5.18 Å². The number of nitrogens with zero attached hydrogens (tertiary/aromatic N) is 1. The van der Waals surface area contributed by atoms with Gasteiger partial charge in [0.1, 0.15) is 0 Å². The molecule has 0 bridgehead atoms. The van der Waals surface area contributed by atoms with Crippen molar-refractivity contribution in [1.29, 1.82) is 0 Å². The van der Waals surface area contributed by atoms with Crippen LogP contribution in [-0.2, 0) is 4.79 Å². The number of unbranched alkanes of at least 4 members (excludes halogenated alkanes) is 9. The highest BCUT2D eigenvalue weighted by Gasteiger charge is 2.00. The summed E-state index contributed by atoms with van der Waals surface area (Å²) >= 11 is 0. The summed E-state index contributed by atoms with van der Waals surface area (Å²) in [5.74, 6) is -0.534. The molecule has 0 radical (unpaired) electrons. The molecule has 0 atom stereocenters. The Kier molecular flexibility index (Phi) is 13.0. The minimum atomic E-state index is -1.15. The third kappa shape index (κ3) is 15.1. The number of nitroso groups, excluding NO2 is 1. The normalized spacial score (nSPS) is 10.9. The van der Waals surface area contributed by atoms with Crippen molar-refractivity contribution in [2.75, 3.05) is 0 Å². The molecule has 112 valence electrons. The van der Waals surface area contributed by atoms with E-state index in [1.807, 2.05) is 0 Å². The van der Waals surface area contributed by atoms with Gasteiger partial charge < -0.3 is 10.2 Å². The van der Waals surface area contributed by atoms with Crippen LogP contribution in [-0.4, -0.2) is 22.4 Å². The summed E-state index contributed by atoms with van der Waals surface area (Å²) in [4.78, 5) is 20.4. The van der Waals surface area contributed by atoms with E-state index in [1.54, 1.807) is 0 Å². The lowest BCUT2D eigenvalue weighted by atomic mass is 10.1. The summed E-state index contributed by atoms with van der Waals surface area (Å²) in [5, 5.41) is 19.7. The highest BCUT2D eigenvalue weighted by molar-refractivity contribution is 5.76. The van der Waals surface area contributed by atoms with Gasteiger partial charge in [0.2, 0.25) is 0 Å². The zero-order valence-electron chi connectivity index (χ0n) is 11.7. The highest BCUT2D eigenvalue weighted by atomic mass is 16.5. The molecule has 0 aromatic heterocycles. The summed E-state index contributed by atoms with van der Waals surface area (Å²) in [6.07, 6.45) is 10.4. The second kappa shape index (κ2) is 13.6. The van der Waals surface area contributed by atoms with Crippen LogP contribution in [0.5, 0.6) is 0 Å². The lowest BCUT2D eigenvalue weighted by Gasteiger charge is -2.03. The first-order valence-corrected chi connectivity index (χ1v) is 7.39. The Morgan fingerprint density at radius 2 is 1.21 bits per heavy atom. The molecule has 0 heterocycles. The Morgan fingerprint density at radius 3 is 1.63 bits per heavy atom. The fraction of sp³-hybridized carbons (Fsp3) is 0.929. The topological polar surface area (TPSA) is 87.0 Å². The minimum absolute atomic E-state index is 0.292. The number of aliphatic hydroxyl groups excluding tert-OH is 1. The molecule has 0 aromatic carbocycles. The summed E-state index contributed by atoms with van der Waals surface area (Å²) in [6, 6.07) is 0. The molecule has 0 unspecified atom stereocenters. The van der Waals surface area contributed by atoms with Gasteiger partial charge in [-0.3, -0.25) is 4.79 Å². The second-order valence-corrected chi connectivity index (χ2v) is 5.04. The third-order valence-corrected chi connectivity index (χ3v) is 3.20.